The van der Waals surface area contributed by atoms with Crippen LogP contribution in [0.25, 0.3) is 0 Å². The Hall–Kier alpha value is -2.12. The zero-order chi connectivity index (χ0) is 14.4. The molecule has 0 aromatic carbocycles. The lowest BCUT2D eigenvalue weighted by Gasteiger charge is -2.16. The second-order valence-electron chi connectivity index (χ2n) is 4.17. The lowest BCUT2D eigenvalue weighted by atomic mass is 10.1. The topological polar surface area (TPSA) is 122 Å². The fourth-order valence-electron chi connectivity index (χ4n) is 1.70. The van der Waals surface area contributed by atoms with Crippen molar-refractivity contribution in [2.75, 3.05) is 7.11 Å². The van der Waals surface area contributed by atoms with Crippen molar-refractivity contribution in [1.29, 1.82) is 0 Å². The van der Waals surface area contributed by atoms with E-state index in [4.69, 9.17) is 5.11 Å². The van der Waals surface area contributed by atoms with E-state index in [9.17, 15) is 19.2 Å². The van der Waals surface area contributed by atoms with Crippen LogP contribution < -0.4 is 10.6 Å². The summed E-state index contributed by atoms with van der Waals surface area (Å²) in [4.78, 5) is 44.6. The van der Waals surface area contributed by atoms with Gasteiger partial charge in [0, 0.05) is 12.8 Å². The van der Waals surface area contributed by atoms with Gasteiger partial charge in [0.05, 0.1) is 7.11 Å². The van der Waals surface area contributed by atoms with Crippen molar-refractivity contribution in [1.82, 2.24) is 10.6 Å². The van der Waals surface area contributed by atoms with Crippen LogP contribution in [0.1, 0.15) is 25.7 Å². The Kier molecular flexibility index (Phi) is 5.28. The van der Waals surface area contributed by atoms with Crippen LogP contribution in [-0.2, 0) is 23.9 Å². The van der Waals surface area contributed by atoms with Crippen LogP contribution in [-0.4, -0.2) is 48.1 Å². The van der Waals surface area contributed by atoms with Crippen LogP contribution in [0.15, 0.2) is 0 Å². The maximum Gasteiger partial charge on any atom is 0.326 e. The Bertz CT molecular complexity index is 395. The number of carboxylic acids is 1. The van der Waals surface area contributed by atoms with Gasteiger partial charge in [-0.3, -0.25) is 14.4 Å². The van der Waals surface area contributed by atoms with E-state index in [1.807, 2.05) is 0 Å². The highest BCUT2D eigenvalue weighted by Gasteiger charge is 2.30. The van der Waals surface area contributed by atoms with Crippen LogP contribution in [0.2, 0.25) is 0 Å². The van der Waals surface area contributed by atoms with Gasteiger partial charge in [0.2, 0.25) is 11.8 Å². The number of aliphatic carboxylic acids is 1. The third kappa shape index (κ3) is 4.57. The first-order valence-corrected chi connectivity index (χ1v) is 5.83. The van der Waals surface area contributed by atoms with E-state index >= 15 is 0 Å². The Balaban J connectivity index is 2.48. The molecule has 0 bridgehead atoms. The number of rotatable bonds is 6. The van der Waals surface area contributed by atoms with Crippen LogP contribution >= 0.6 is 0 Å². The van der Waals surface area contributed by atoms with Crippen molar-refractivity contribution in [3.8, 4) is 0 Å². The monoisotopic (exact) mass is 272 g/mol. The molecule has 1 heterocycles. The fraction of sp³-hybridized carbons (Fsp3) is 0.636. The molecule has 0 unspecified atom stereocenters. The number of methoxy groups -OCH3 is 1. The summed E-state index contributed by atoms with van der Waals surface area (Å²) >= 11 is 0. The normalized spacial score (nSPS) is 19.4. The molecule has 2 amide bonds. The van der Waals surface area contributed by atoms with Gasteiger partial charge in [-0.25, -0.2) is 4.79 Å². The number of carboxylic acid groups (broad SMARTS) is 1. The lowest BCUT2D eigenvalue weighted by molar-refractivity contribution is -0.144. The first kappa shape index (κ1) is 14.9. The van der Waals surface area contributed by atoms with E-state index in [1.165, 1.54) is 7.11 Å². The van der Waals surface area contributed by atoms with Crippen LogP contribution in [0.5, 0.6) is 0 Å². The van der Waals surface area contributed by atoms with Gasteiger partial charge < -0.3 is 20.5 Å². The average Bonchev–Trinajstić information content (AvgIpc) is 2.80. The summed E-state index contributed by atoms with van der Waals surface area (Å²) in [6, 6.07) is -1.88. The Morgan fingerprint density at radius 1 is 1.53 bits per heavy atom. The van der Waals surface area contributed by atoms with Gasteiger partial charge in [-0.2, -0.15) is 0 Å². The molecule has 2 atom stereocenters. The first-order valence-electron chi connectivity index (χ1n) is 5.83. The molecule has 0 saturated carbocycles. The standard InChI is InChI=1S/C11H16N2O6/c1-19-9(15)5-3-7(11(17)18)13-10(16)6-2-4-8(14)12-6/h6-7H,2-5H2,1H3,(H,12,14)(H,13,16)(H,17,18)/t6-,7+/m0/s1. The summed E-state index contributed by atoms with van der Waals surface area (Å²) in [5, 5.41) is 13.7. The Labute approximate surface area is 109 Å². The Morgan fingerprint density at radius 2 is 2.21 bits per heavy atom. The first-order chi connectivity index (χ1) is 8.93. The maximum absolute atomic E-state index is 11.7. The fourth-order valence-corrected chi connectivity index (χ4v) is 1.70. The van der Waals surface area contributed by atoms with Gasteiger partial charge in [-0.15, -0.1) is 0 Å². The van der Waals surface area contributed by atoms with Crippen LogP contribution in [0.3, 0.4) is 0 Å². The summed E-state index contributed by atoms with van der Waals surface area (Å²) in [5.41, 5.74) is 0. The molecule has 1 aliphatic rings. The van der Waals surface area contributed by atoms with Crippen molar-refractivity contribution < 1.29 is 29.0 Å². The number of ether oxygens (including phenoxy) is 1. The number of esters is 1. The average molecular weight is 272 g/mol. The minimum Gasteiger partial charge on any atom is -0.480 e. The van der Waals surface area contributed by atoms with Gasteiger partial charge in [0.1, 0.15) is 12.1 Å². The second-order valence-corrected chi connectivity index (χ2v) is 4.17. The van der Waals surface area contributed by atoms with Gasteiger partial charge >= 0.3 is 11.9 Å². The molecular weight excluding hydrogens is 256 g/mol. The summed E-state index contributed by atoms with van der Waals surface area (Å²) in [6.45, 7) is 0. The molecule has 8 nitrogen and oxygen atoms in total. The number of amides is 2. The number of hydrogen-bond donors (Lipinski definition) is 3. The highest BCUT2D eigenvalue weighted by Crippen LogP contribution is 2.08. The third-order valence-electron chi connectivity index (χ3n) is 2.79. The predicted octanol–water partition coefficient (Wildman–Crippen LogP) is -1.21. The van der Waals surface area contributed by atoms with Crippen LogP contribution in [0, 0.1) is 0 Å². The molecule has 8 heteroatoms. The molecule has 0 radical (unpaired) electrons. The minimum absolute atomic E-state index is 0.0611. The SMILES string of the molecule is COC(=O)CC[C@@H](NC(=O)[C@@H]1CCC(=O)N1)C(=O)O. The number of hydrogen-bond acceptors (Lipinski definition) is 5. The highest BCUT2D eigenvalue weighted by atomic mass is 16.5. The quantitative estimate of drug-likeness (QED) is 0.521. The second kappa shape index (κ2) is 6.72. The molecular formula is C11H16N2O6. The molecule has 0 aromatic heterocycles. The summed E-state index contributed by atoms with van der Waals surface area (Å²) < 4.78 is 4.40. The minimum atomic E-state index is -1.23. The van der Waals surface area contributed by atoms with Gasteiger partial charge in [-0.1, -0.05) is 0 Å². The Morgan fingerprint density at radius 3 is 2.68 bits per heavy atom. The molecule has 1 saturated heterocycles. The van der Waals surface area contributed by atoms with E-state index in [-0.39, 0.29) is 25.2 Å². The lowest BCUT2D eigenvalue weighted by Crippen LogP contribution is -2.48. The van der Waals surface area contributed by atoms with E-state index < -0.39 is 29.9 Å². The van der Waals surface area contributed by atoms with Crippen molar-refractivity contribution in [3.63, 3.8) is 0 Å². The maximum atomic E-state index is 11.7. The molecule has 0 spiro atoms. The molecule has 0 aromatic rings. The predicted molar refractivity (Wildman–Crippen MR) is 62.0 cm³/mol. The molecule has 1 aliphatic heterocycles. The van der Waals surface area contributed by atoms with E-state index in [0.717, 1.165) is 0 Å². The van der Waals surface area contributed by atoms with Gasteiger partial charge in [0.25, 0.3) is 0 Å². The summed E-state index contributed by atoms with van der Waals surface area (Å²) in [6.07, 6.45) is 0.422. The van der Waals surface area contributed by atoms with Crippen LogP contribution in [0.4, 0.5) is 0 Å². The summed E-state index contributed by atoms with van der Waals surface area (Å²) in [7, 11) is 1.20. The molecule has 1 rings (SSSR count). The zero-order valence-corrected chi connectivity index (χ0v) is 10.5. The molecule has 0 aliphatic carbocycles. The zero-order valence-electron chi connectivity index (χ0n) is 10.5. The van der Waals surface area contributed by atoms with Crippen molar-refractivity contribution in [2.45, 2.75) is 37.8 Å². The van der Waals surface area contributed by atoms with Crippen molar-refractivity contribution >= 4 is 23.8 Å². The van der Waals surface area contributed by atoms with Gasteiger partial charge in [0.15, 0.2) is 0 Å². The smallest absolute Gasteiger partial charge is 0.326 e. The summed E-state index contributed by atoms with van der Waals surface area (Å²) in [5.74, 6) is -2.57. The van der Waals surface area contributed by atoms with Gasteiger partial charge in [-0.05, 0) is 12.8 Å². The molecule has 1 fully saturated rings. The largest absolute Gasteiger partial charge is 0.480 e. The van der Waals surface area contributed by atoms with E-state index in [2.05, 4.69) is 15.4 Å². The highest BCUT2D eigenvalue weighted by molar-refractivity contribution is 5.92. The van der Waals surface area contributed by atoms with Crippen molar-refractivity contribution in [2.24, 2.45) is 0 Å². The molecule has 3 N–H and O–H groups in total. The molecule has 19 heavy (non-hydrogen) atoms. The van der Waals surface area contributed by atoms with Crippen molar-refractivity contribution in [3.05, 3.63) is 0 Å². The number of carbonyl (C=O) groups is 4. The number of nitrogens with one attached hydrogen (secondary N) is 2. The van der Waals surface area contributed by atoms with E-state index in [0.29, 0.717) is 6.42 Å². The number of carbonyl (C=O) groups excluding carboxylic acids is 3. The molecule has 106 valence electrons. The third-order valence-corrected chi connectivity index (χ3v) is 2.79. The van der Waals surface area contributed by atoms with E-state index in [1.54, 1.807) is 0 Å².